The fourth-order valence-electron chi connectivity index (χ4n) is 5.02. The summed E-state index contributed by atoms with van der Waals surface area (Å²) in [7, 11) is -0.664. The van der Waals surface area contributed by atoms with E-state index in [4.69, 9.17) is 15.0 Å². The Hall–Kier alpha value is -4.26. The topological polar surface area (TPSA) is 120 Å². The van der Waals surface area contributed by atoms with Crippen molar-refractivity contribution in [2.75, 3.05) is 7.11 Å². The van der Waals surface area contributed by atoms with Crippen LogP contribution in [0.3, 0.4) is 0 Å². The zero-order valence-electron chi connectivity index (χ0n) is 23.0. The average Bonchev–Trinajstić information content (AvgIpc) is 3.56. The molecule has 1 saturated carbocycles. The number of ether oxygens (including phenoxy) is 1. The predicted octanol–water partition coefficient (Wildman–Crippen LogP) is 6.12. The van der Waals surface area contributed by atoms with Gasteiger partial charge in [0.15, 0.2) is 21.6 Å². The van der Waals surface area contributed by atoms with Gasteiger partial charge in [-0.1, -0.05) is 22.4 Å². The Bertz CT molecular complexity index is 1880. The molecule has 1 fully saturated rings. The molecular weight excluding hydrogens is 594 g/mol. The smallest absolute Gasteiger partial charge is 0.355 e. The van der Waals surface area contributed by atoms with E-state index in [0.29, 0.717) is 56.7 Å². The monoisotopic (exact) mass is 621 g/mol. The molecule has 12 heteroatoms. The molecule has 1 aliphatic carbocycles. The van der Waals surface area contributed by atoms with E-state index in [1.807, 2.05) is 0 Å². The van der Waals surface area contributed by atoms with Gasteiger partial charge in [0.25, 0.3) is 0 Å². The van der Waals surface area contributed by atoms with Gasteiger partial charge in [-0.15, -0.1) is 16.5 Å². The van der Waals surface area contributed by atoms with Crippen molar-refractivity contribution < 1.29 is 27.6 Å². The Morgan fingerprint density at radius 2 is 1.93 bits per heavy atom. The number of carboxylic acid groups (broad SMARTS) is 1. The van der Waals surface area contributed by atoms with E-state index in [2.05, 4.69) is 4.98 Å². The molecule has 8 nitrogen and oxygen atoms in total. The van der Waals surface area contributed by atoms with E-state index in [1.54, 1.807) is 53.2 Å². The first-order chi connectivity index (χ1) is 20.7. The molecule has 5 aromatic rings. The lowest BCUT2D eigenvalue weighted by Crippen LogP contribution is -2.07. The summed E-state index contributed by atoms with van der Waals surface area (Å²) in [5.74, 6) is -1.16. The lowest BCUT2D eigenvalue weighted by Gasteiger charge is -2.11. The van der Waals surface area contributed by atoms with Crippen molar-refractivity contribution >= 4 is 28.3 Å². The lowest BCUT2D eigenvalue weighted by atomic mass is 9.94. The van der Waals surface area contributed by atoms with Crippen LogP contribution in [0.5, 0.6) is 5.75 Å². The number of aromatic carboxylic acids is 1. The molecule has 0 aliphatic heterocycles. The van der Waals surface area contributed by atoms with Gasteiger partial charge in [-0.2, -0.15) is 5.10 Å². The van der Waals surface area contributed by atoms with Crippen molar-refractivity contribution in [3.05, 3.63) is 100 Å². The fourth-order valence-corrected chi connectivity index (χ4v) is 6.25. The summed E-state index contributed by atoms with van der Waals surface area (Å²) in [5.41, 5.74) is 3.79. The number of thiazole rings is 1. The number of hydrogen-bond acceptors (Lipinski definition) is 6. The molecule has 43 heavy (non-hydrogen) atoms. The van der Waals surface area contributed by atoms with Crippen LogP contribution in [0.2, 0.25) is 0 Å². The minimum Gasteiger partial charge on any atom is -0.497 e. The third kappa shape index (κ3) is 5.99. The first kappa shape index (κ1) is 28.8. The molecule has 1 atom stereocenters. The summed E-state index contributed by atoms with van der Waals surface area (Å²) >= 11 is 1.15. The highest BCUT2D eigenvalue weighted by Crippen LogP contribution is 2.39. The summed E-state index contributed by atoms with van der Waals surface area (Å²) in [6.07, 6.45) is 2.82. The van der Waals surface area contributed by atoms with Crippen LogP contribution in [0.25, 0.3) is 27.5 Å². The van der Waals surface area contributed by atoms with Gasteiger partial charge in [-0.05, 0) is 72.7 Å². The Labute approximate surface area is 252 Å². The molecule has 2 heterocycles. The number of nitrogens with zero attached hydrogens (tertiary/aromatic N) is 3. The van der Waals surface area contributed by atoms with Crippen LogP contribution in [0.1, 0.15) is 40.2 Å². The fraction of sp³-hybridized carbons (Fsp3) is 0.194. The Balaban J connectivity index is 1.54. The number of benzene rings is 3. The number of aromatic nitrogens is 3. The molecule has 1 unspecified atom stereocenters. The highest BCUT2D eigenvalue weighted by atomic mass is 32.2. The quantitative estimate of drug-likeness (QED) is 0.143. The minimum absolute atomic E-state index is 0.101. The van der Waals surface area contributed by atoms with Crippen LogP contribution in [0.4, 0.5) is 8.78 Å². The van der Waals surface area contributed by atoms with Crippen LogP contribution in [0.15, 0.2) is 70.9 Å². The van der Waals surface area contributed by atoms with Crippen molar-refractivity contribution in [2.24, 2.45) is 11.1 Å². The number of hydrogen-bond donors (Lipinski definition) is 2. The van der Waals surface area contributed by atoms with Gasteiger partial charge in [0.05, 0.1) is 18.5 Å². The summed E-state index contributed by atoms with van der Waals surface area (Å²) in [6, 6.07) is 16.0. The molecule has 6 rings (SSSR count). The number of carboxylic acids is 1. The van der Waals surface area contributed by atoms with Crippen molar-refractivity contribution in [2.45, 2.75) is 30.6 Å². The van der Waals surface area contributed by atoms with Gasteiger partial charge in [0.2, 0.25) is 5.13 Å². The molecule has 0 bridgehead atoms. The van der Waals surface area contributed by atoms with Crippen LogP contribution in [-0.2, 0) is 28.0 Å². The van der Waals surface area contributed by atoms with Crippen molar-refractivity contribution in [3.63, 3.8) is 0 Å². The van der Waals surface area contributed by atoms with E-state index >= 15 is 8.78 Å². The highest BCUT2D eigenvalue weighted by molar-refractivity contribution is 7.82. The third-order valence-electron chi connectivity index (χ3n) is 7.44. The number of rotatable bonds is 10. The van der Waals surface area contributed by atoms with Gasteiger partial charge >= 0.3 is 5.97 Å². The highest BCUT2D eigenvalue weighted by Gasteiger charge is 2.30. The number of nitrogens with two attached hydrogens (primary N) is 1. The van der Waals surface area contributed by atoms with Gasteiger partial charge in [-0.25, -0.2) is 23.2 Å². The molecule has 0 radical (unpaired) electrons. The minimum atomic E-state index is -2.20. The van der Waals surface area contributed by atoms with Gasteiger partial charge in [0, 0.05) is 34.6 Å². The second kappa shape index (κ2) is 11.8. The molecule has 220 valence electrons. The number of methoxy groups -OCH3 is 1. The van der Waals surface area contributed by atoms with Gasteiger partial charge in [0.1, 0.15) is 17.4 Å². The van der Waals surface area contributed by atoms with Crippen molar-refractivity contribution in [1.82, 2.24) is 14.8 Å². The molecule has 0 saturated heterocycles. The summed E-state index contributed by atoms with van der Waals surface area (Å²) < 4.78 is 49.3. The second-order valence-corrected chi connectivity index (χ2v) is 12.4. The molecule has 2 aromatic heterocycles. The van der Waals surface area contributed by atoms with Gasteiger partial charge in [-0.3, -0.25) is 0 Å². The van der Waals surface area contributed by atoms with E-state index in [0.717, 1.165) is 29.9 Å². The summed E-state index contributed by atoms with van der Waals surface area (Å²) in [6.45, 7) is 0. The molecule has 3 N–H and O–H groups in total. The zero-order valence-corrected chi connectivity index (χ0v) is 24.7. The maximum Gasteiger partial charge on any atom is 0.355 e. The Morgan fingerprint density at radius 3 is 2.60 bits per heavy atom. The maximum atomic E-state index is 15.3. The van der Waals surface area contributed by atoms with Gasteiger partial charge < -0.3 is 9.84 Å². The van der Waals surface area contributed by atoms with Crippen molar-refractivity contribution in [1.29, 1.82) is 0 Å². The van der Waals surface area contributed by atoms with Crippen LogP contribution >= 0.6 is 11.3 Å². The first-order valence-corrected chi connectivity index (χ1v) is 15.7. The Kier molecular flexibility index (Phi) is 7.91. The van der Waals surface area contributed by atoms with E-state index in [1.165, 1.54) is 24.6 Å². The van der Waals surface area contributed by atoms with Crippen LogP contribution < -0.4 is 9.88 Å². The molecular formula is C31H27F2N4O4S2+. The first-order valence-electron chi connectivity index (χ1n) is 13.5. The largest absolute Gasteiger partial charge is 0.497 e. The van der Waals surface area contributed by atoms with E-state index in [9.17, 15) is 14.1 Å². The molecule has 0 spiro atoms. The van der Waals surface area contributed by atoms with E-state index < -0.39 is 28.6 Å². The SMILES string of the molecule is COc1cccc(-c2cc(-c3nn(-c4nc(C(=O)O)cs4)c(CC4CC4)c3Cc3ccc([SH+](N)=O)cc3F)ccc2F)c1. The predicted molar refractivity (Wildman–Crippen MR) is 161 cm³/mol. The normalized spacial score (nSPS) is 13.7. The Morgan fingerprint density at radius 1 is 1.12 bits per heavy atom. The van der Waals surface area contributed by atoms with E-state index in [-0.39, 0.29) is 17.0 Å². The summed E-state index contributed by atoms with van der Waals surface area (Å²) in [5, 5.41) is 21.7. The average molecular weight is 622 g/mol. The molecule has 0 amide bonds. The molecule has 3 aromatic carbocycles. The van der Waals surface area contributed by atoms with Crippen LogP contribution in [-0.4, -0.2) is 33.0 Å². The maximum absolute atomic E-state index is 15.3. The summed E-state index contributed by atoms with van der Waals surface area (Å²) in [4.78, 5) is 16.1. The zero-order chi connectivity index (χ0) is 30.2. The second-order valence-electron chi connectivity index (χ2n) is 10.4. The number of thiol groups is 1. The standard InChI is InChI=1S/C31H26F2N4O4S2/c1-41-21-4-2-3-18(12-21)23-14-20(8-10-25(23)32)29-24(13-19-7-9-22(43(34)40)15-26(19)33)28(11-17-5-6-17)37(36-29)31-35-27(16-42-31)30(38)39/h2-4,7-10,12,14-17H,5-6,11,13H2,1H3,(H2,34,40)(H,38,39)/p+1. The third-order valence-corrected chi connectivity index (χ3v) is 9.04. The number of carbonyl (C=O) groups is 1. The number of halogens is 2. The van der Waals surface area contributed by atoms with Crippen LogP contribution in [0, 0.1) is 17.6 Å². The lowest BCUT2D eigenvalue weighted by molar-refractivity contribution is 0.0691. The molecule has 1 aliphatic rings. The van der Waals surface area contributed by atoms with Crippen molar-refractivity contribution in [3.8, 4) is 33.3 Å².